The average Bonchev–Trinajstić information content (AvgIpc) is 2.81. The second-order valence-corrected chi connectivity index (χ2v) is 11.5. The molecule has 0 aliphatic heterocycles. The average molecular weight is 603 g/mol. The number of carbonyl (C=O) groups excluding carboxylic acids is 7. The lowest BCUT2D eigenvalue weighted by Gasteiger charge is -2.19. The minimum Gasteiger partial charge on any atom is -0.347 e. The predicted octanol–water partition coefficient (Wildman–Crippen LogP) is 3.75. The second-order valence-electron chi connectivity index (χ2n) is 11.5. The molecule has 0 aliphatic carbocycles. The van der Waals surface area contributed by atoms with Crippen molar-refractivity contribution in [2.24, 2.45) is 29.2 Å². The molecule has 0 radical (unpaired) electrons. The third kappa shape index (κ3) is 37.2. The maximum Gasteiger partial charge on any atom is 0.373 e. The van der Waals surface area contributed by atoms with Gasteiger partial charge in [0.25, 0.3) is 0 Å². The van der Waals surface area contributed by atoms with Crippen LogP contribution in [0.4, 0.5) is 0 Å². The molecule has 0 aromatic heterocycles. The van der Waals surface area contributed by atoms with Crippen LogP contribution in [0.1, 0.15) is 122 Å². The van der Waals surface area contributed by atoms with Crippen LogP contribution in [0.25, 0.3) is 0 Å². The number of hydrogen-bond acceptors (Lipinski definition) is 9. The SMILES string of the molecule is C.CC(=O)C(N)CC(C)C.CC(=O)NC(CC(C)C)C(C)=O.CCC(=O)C(CC(C)C)NC(=O)CCC(C)N.O=C=O. The zero-order valence-electron chi connectivity index (χ0n) is 27.3. The van der Waals surface area contributed by atoms with Crippen molar-refractivity contribution in [1.29, 1.82) is 0 Å². The summed E-state index contributed by atoms with van der Waals surface area (Å²) >= 11 is 0. The smallest absolute Gasteiger partial charge is 0.347 e. The van der Waals surface area contributed by atoms with Gasteiger partial charge in [0.1, 0.15) is 5.78 Å². The van der Waals surface area contributed by atoms with Crippen molar-refractivity contribution in [2.45, 2.75) is 146 Å². The molecule has 0 rings (SSSR count). The van der Waals surface area contributed by atoms with E-state index in [1.165, 1.54) is 20.8 Å². The Morgan fingerprint density at radius 3 is 1.36 bits per heavy atom. The van der Waals surface area contributed by atoms with Gasteiger partial charge in [0, 0.05) is 25.8 Å². The molecule has 4 atom stereocenters. The third-order valence-corrected chi connectivity index (χ3v) is 5.43. The Bertz CT molecular complexity index is 790. The molecule has 4 unspecified atom stereocenters. The quantitative estimate of drug-likeness (QED) is 0.216. The highest BCUT2D eigenvalue weighted by Crippen LogP contribution is 2.08. The van der Waals surface area contributed by atoms with Crippen molar-refractivity contribution in [3.05, 3.63) is 0 Å². The fourth-order valence-electron chi connectivity index (χ4n) is 3.33. The van der Waals surface area contributed by atoms with Gasteiger partial charge in [-0.3, -0.25) is 24.0 Å². The maximum atomic E-state index is 11.7. The molecular weight excluding hydrogens is 540 g/mol. The van der Waals surface area contributed by atoms with Crippen LogP contribution in [0.3, 0.4) is 0 Å². The van der Waals surface area contributed by atoms with E-state index in [4.69, 9.17) is 21.1 Å². The standard InChI is InChI=1S/C13H26N2O2.C9H17NO2.C7H15NO.CO2.CH4/c1-5-12(16)11(8-9(2)3)15-13(17)7-6-10(4)14;1-6(2)5-9(7(3)11)10-8(4)12;1-5(2)4-7(8)6(3)9;2-1-3;/h9-11H,5-8,14H2,1-4H3,(H,15,17);6,9H,5H2,1-4H3,(H,10,12);5,7H,4,8H2,1-3H3;;1H4. The van der Waals surface area contributed by atoms with Gasteiger partial charge in [0.15, 0.2) is 11.6 Å². The largest absolute Gasteiger partial charge is 0.373 e. The summed E-state index contributed by atoms with van der Waals surface area (Å²) in [4.78, 5) is 71.8. The normalized spacial score (nSPS) is 12.7. The third-order valence-electron chi connectivity index (χ3n) is 5.43. The minimum absolute atomic E-state index is 0. The molecule has 11 nitrogen and oxygen atoms in total. The first-order chi connectivity index (χ1) is 18.7. The van der Waals surface area contributed by atoms with Gasteiger partial charge in [-0.25, -0.2) is 0 Å². The Morgan fingerprint density at radius 1 is 0.690 bits per heavy atom. The molecule has 248 valence electrons. The van der Waals surface area contributed by atoms with E-state index < -0.39 is 0 Å². The summed E-state index contributed by atoms with van der Waals surface area (Å²) in [6, 6.07) is -0.862. The second kappa shape index (κ2) is 29.7. The maximum absolute atomic E-state index is 11.7. The molecular formula is C31H62N4O7. The molecule has 0 saturated heterocycles. The van der Waals surface area contributed by atoms with Crippen LogP contribution in [0.15, 0.2) is 0 Å². The van der Waals surface area contributed by atoms with E-state index in [1.807, 2.05) is 41.5 Å². The predicted molar refractivity (Wildman–Crippen MR) is 167 cm³/mol. The summed E-state index contributed by atoms with van der Waals surface area (Å²) in [5, 5.41) is 5.43. The molecule has 0 aliphatic rings. The summed E-state index contributed by atoms with van der Waals surface area (Å²) in [5.41, 5.74) is 11.1. The van der Waals surface area contributed by atoms with Crippen molar-refractivity contribution in [3.8, 4) is 0 Å². The molecule has 2 amide bonds. The van der Waals surface area contributed by atoms with Gasteiger partial charge < -0.3 is 22.1 Å². The Morgan fingerprint density at radius 2 is 1.10 bits per heavy atom. The summed E-state index contributed by atoms with van der Waals surface area (Å²) in [6.45, 7) is 20.4. The lowest BCUT2D eigenvalue weighted by molar-refractivity contribution is -0.191. The molecule has 0 heterocycles. The van der Waals surface area contributed by atoms with Crippen molar-refractivity contribution in [3.63, 3.8) is 0 Å². The minimum atomic E-state index is -0.333. The van der Waals surface area contributed by atoms with Crippen LogP contribution in [-0.4, -0.2) is 59.5 Å². The number of nitrogens with one attached hydrogen (secondary N) is 2. The van der Waals surface area contributed by atoms with E-state index in [0.29, 0.717) is 43.4 Å². The van der Waals surface area contributed by atoms with Crippen molar-refractivity contribution >= 4 is 35.3 Å². The fourth-order valence-corrected chi connectivity index (χ4v) is 3.33. The molecule has 0 fully saturated rings. The van der Waals surface area contributed by atoms with Gasteiger partial charge in [0.2, 0.25) is 11.8 Å². The van der Waals surface area contributed by atoms with Crippen LogP contribution in [0.2, 0.25) is 0 Å². The van der Waals surface area contributed by atoms with Crippen molar-refractivity contribution in [2.75, 3.05) is 0 Å². The van der Waals surface area contributed by atoms with Gasteiger partial charge in [-0.15, -0.1) is 0 Å². The van der Waals surface area contributed by atoms with Gasteiger partial charge >= 0.3 is 6.15 Å². The Balaban J connectivity index is -0.000000160. The molecule has 11 heteroatoms. The zero-order valence-corrected chi connectivity index (χ0v) is 27.3. The molecule has 0 bridgehead atoms. The number of ketones is 3. The Labute approximate surface area is 255 Å². The monoisotopic (exact) mass is 602 g/mol. The van der Waals surface area contributed by atoms with Crippen molar-refractivity contribution in [1.82, 2.24) is 10.6 Å². The lowest BCUT2D eigenvalue weighted by atomic mass is 9.98. The van der Waals surface area contributed by atoms with E-state index >= 15 is 0 Å². The van der Waals surface area contributed by atoms with Crippen molar-refractivity contribution < 1.29 is 33.6 Å². The highest BCUT2D eigenvalue weighted by molar-refractivity contribution is 5.89. The van der Waals surface area contributed by atoms with Gasteiger partial charge in [-0.05, 0) is 64.2 Å². The molecule has 42 heavy (non-hydrogen) atoms. The number of nitrogens with two attached hydrogens (primary N) is 2. The van der Waals surface area contributed by atoms with Crippen LogP contribution in [-0.2, 0) is 33.6 Å². The molecule has 6 N–H and O–H groups in total. The summed E-state index contributed by atoms with van der Waals surface area (Å²) < 4.78 is 0. The van der Waals surface area contributed by atoms with Crippen LogP contribution < -0.4 is 22.1 Å². The summed E-state index contributed by atoms with van der Waals surface area (Å²) in [5.74, 6) is 1.33. The Kier molecular flexibility index (Phi) is 34.7. The summed E-state index contributed by atoms with van der Waals surface area (Å²) in [6.07, 6.45) is 3.98. The first kappa shape index (κ1) is 49.0. The van der Waals surface area contributed by atoms with E-state index in [0.717, 1.165) is 12.8 Å². The van der Waals surface area contributed by atoms with E-state index in [9.17, 15) is 24.0 Å². The molecule has 0 spiro atoms. The number of hydrogen-bond donors (Lipinski definition) is 4. The zero-order chi connectivity index (χ0) is 33.3. The number of amides is 2. The van der Waals surface area contributed by atoms with Gasteiger partial charge in [-0.1, -0.05) is 55.9 Å². The van der Waals surface area contributed by atoms with E-state index in [-0.39, 0.29) is 66.9 Å². The van der Waals surface area contributed by atoms with E-state index in [2.05, 4.69) is 24.5 Å². The first-order valence-electron chi connectivity index (χ1n) is 14.4. The van der Waals surface area contributed by atoms with Gasteiger partial charge in [0.05, 0.1) is 18.1 Å². The number of carbonyl (C=O) groups is 5. The van der Waals surface area contributed by atoms with Crippen LogP contribution in [0.5, 0.6) is 0 Å². The van der Waals surface area contributed by atoms with Crippen LogP contribution >= 0.6 is 0 Å². The molecule has 0 saturated carbocycles. The van der Waals surface area contributed by atoms with Crippen LogP contribution in [0, 0.1) is 17.8 Å². The Hall–Kier alpha value is -2.75. The fraction of sp³-hybridized carbons (Fsp3) is 0.806. The molecule has 0 aromatic rings. The van der Waals surface area contributed by atoms with Gasteiger partial charge in [-0.2, -0.15) is 9.59 Å². The van der Waals surface area contributed by atoms with E-state index in [1.54, 1.807) is 0 Å². The molecule has 0 aromatic carbocycles. The highest BCUT2D eigenvalue weighted by Gasteiger charge is 2.20. The topological polar surface area (TPSA) is 196 Å². The first-order valence-corrected chi connectivity index (χ1v) is 14.4. The summed E-state index contributed by atoms with van der Waals surface area (Å²) in [7, 11) is 0. The highest BCUT2D eigenvalue weighted by atomic mass is 16.2. The lowest BCUT2D eigenvalue weighted by Crippen LogP contribution is -2.41. The number of rotatable bonds is 15. The number of Topliss-reactive ketones (excluding diaryl/α,β-unsaturated/α-hetero) is 3.